The monoisotopic (exact) mass is 495 g/mol. The number of fused-ring (bicyclic) bond motifs is 2. The van der Waals surface area contributed by atoms with Crippen LogP contribution in [0.3, 0.4) is 0 Å². The second-order valence-corrected chi connectivity index (χ2v) is 9.71. The zero-order valence-electron chi connectivity index (χ0n) is 20.0. The highest BCUT2D eigenvalue weighted by Gasteiger charge is 2.32. The van der Waals surface area contributed by atoms with E-state index in [1.165, 1.54) is 24.3 Å². The molecule has 0 saturated heterocycles. The van der Waals surface area contributed by atoms with Gasteiger partial charge in [0.2, 0.25) is 0 Å². The molecule has 0 bridgehead atoms. The Morgan fingerprint density at radius 3 is 1.75 bits per heavy atom. The molecule has 5 nitrogen and oxygen atoms in total. The minimum absolute atomic E-state index is 0.293. The third-order valence-electron chi connectivity index (χ3n) is 7.00. The summed E-state index contributed by atoms with van der Waals surface area (Å²) >= 11 is 0. The van der Waals surface area contributed by atoms with Gasteiger partial charge in [-0.3, -0.25) is 4.90 Å². The Bertz CT molecular complexity index is 1100. The number of ether oxygens (including phenoxy) is 2. The molecule has 0 aromatic heterocycles. The molecule has 3 aromatic carbocycles. The fraction of sp³-hybridized carbons (Fsp3) is 0.379. The molecule has 36 heavy (non-hydrogen) atoms. The summed E-state index contributed by atoms with van der Waals surface area (Å²) in [6, 6.07) is 18.8. The van der Waals surface area contributed by atoms with Gasteiger partial charge < -0.3 is 19.7 Å². The number of aliphatic hydroxyl groups is 2. The Hall–Kier alpha value is -3.00. The van der Waals surface area contributed by atoms with Gasteiger partial charge in [-0.25, -0.2) is 8.78 Å². The molecular weight excluding hydrogens is 464 g/mol. The number of halogens is 2. The van der Waals surface area contributed by atoms with Crippen molar-refractivity contribution >= 4 is 0 Å². The van der Waals surface area contributed by atoms with Crippen LogP contribution in [0.25, 0.3) is 0 Å². The van der Waals surface area contributed by atoms with Crippen LogP contribution in [0.5, 0.6) is 11.5 Å². The van der Waals surface area contributed by atoms with Gasteiger partial charge in [0.05, 0.1) is 0 Å². The summed E-state index contributed by atoms with van der Waals surface area (Å²) in [6.45, 7) is 1.13. The summed E-state index contributed by atoms with van der Waals surface area (Å²) in [5.41, 5.74) is 2.68. The fourth-order valence-corrected chi connectivity index (χ4v) is 5.11. The van der Waals surface area contributed by atoms with E-state index in [1.54, 1.807) is 12.1 Å². The van der Waals surface area contributed by atoms with E-state index in [0.717, 1.165) is 16.7 Å². The number of rotatable bonds is 8. The average Bonchev–Trinajstić information content (AvgIpc) is 2.88. The quantitative estimate of drug-likeness (QED) is 0.489. The SMILES string of the molecule is OC(CN(Cc1ccccc1)C[C@@H](O)[C@H]1CCc2cc(F)ccc2O1)[C@H]1CCc2cc(F)ccc2O1. The number of benzene rings is 3. The van der Waals surface area contributed by atoms with Crippen molar-refractivity contribution in [2.75, 3.05) is 13.1 Å². The maximum Gasteiger partial charge on any atom is 0.126 e. The number of aryl methyl sites for hydroxylation is 2. The molecule has 5 rings (SSSR count). The molecule has 0 amide bonds. The maximum absolute atomic E-state index is 13.5. The predicted molar refractivity (Wildman–Crippen MR) is 132 cm³/mol. The van der Waals surface area contributed by atoms with Crippen molar-refractivity contribution in [2.24, 2.45) is 0 Å². The van der Waals surface area contributed by atoms with Gasteiger partial charge in [-0.15, -0.1) is 0 Å². The van der Waals surface area contributed by atoms with E-state index in [0.29, 0.717) is 56.8 Å². The summed E-state index contributed by atoms with van der Waals surface area (Å²) in [6.07, 6.45) is -0.0167. The van der Waals surface area contributed by atoms with Crippen molar-refractivity contribution in [1.29, 1.82) is 0 Å². The first-order valence-electron chi connectivity index (χ1n) is 12.5. The topological polar surface area (TPSA) is 62.2 Å². The Labute approximate surface area is 209 Å². The summed E-state index contributed by atoms with van der Waals surface area (Å²) in [4.78, 5) is 2.01. The summed E-state index contributed by atoms with van der Waals surface area (Å²) in [5, 5.41) is 22.2. The lowest BCUT2D eigenvalue weighted by molar-refractivity contribution is -0.0295. The first-order valence-corrected chi connectivity index (χ1v) is 12.5. The molecule has 1 unspecified atom stereocenters. The zero-order chi connectivity index (χ0) is 25.1. The largest absolute Gasteiger partial charge is 0.487 e. The van der Waals surface area contributed by atoms with Crippen molar-refractivity contribution < 1.29 is 28.5 Å². The molecule has 0 saturated carbocycles. The lowest BCUT2D eigenvalue weighted by atomic mass is 9.97. The van der Waals surface area contributed by atoms with E-state index in [2.05, 4.69) is 0 Å². The van der Waals surface area contributed by atoms with Crippen molar-refractivity contribution in [3.8, 4) is 11.5 Å². The van der Waals surface area contributed by atoms with E-state index >= 15 is 0 Å². The molecule has 3 aromatic rings. The van der Waals surface area contributed by atoms with Gasteiger partial charge in [-0.05, 0) is 78.8 Å². The molecular formula is C29H31F2NO4. The Balaban J connectivity index is 1.26. The van der Waals surface area contributed by atoms with Gasteiger partial charge in [-0.2, -0.15) is 0 Å². The molecule has 0 aliphatic carbocycles. The highest BCUT2D eigenvalue weighted by atomic mass is 19.1. The lowest BCUT2D eigenvalue weighted by Crippen LogP contribution is -2.48. The van der Waals surface area contributed by atoms with Gasteiger partial charge >= 0.3 is 0 Å². The van der Waals surface area contributed by atoms with Gasteiger partial charge in [0.15, 0.2) is 0 Å². The zero-order valence-corrected chi connectivity index (χ0v) is 20.0. The van der Waals surface area contributed by atoms with Gasteiger partial charge in [-0.1, -0.05) is 30.3 Å². The number of nitrogens with zero attached hydrogens (tertiary/aromatic N) is 1. The standard InChI is InChI=1S/C29H31F2NO4/c30-22-8-12-26-20(14-22)6-10-28(35-26)24(33)17-32(16-19-4-2-1-3-5-19)18-25(34)29-11-7-21-15-23(31)9-13-27(21)36-29/h1-5,8-9,12-15,24-25,28-29,33-34H,6-7,10-11,16-18H2/t24-,25?,28-,29-/m1/s1. The van der Waals surface area contributed by atoms with Crippen LogP contribution in [-0.2, 0) is 19.4 Å². The van der Waals surface area contributed by atoms with Crippen molar-refractivity contribution in [3.05, 3.63) is 95.1 Å². The number of hydrogen-bond acceptors (Lipinski definition) is 5. The highest BCUT2D eigenvalue weighted by molar-refractivity contribution is 5.37. The third-order valence-corrected chi connectivity index (χ3v) is 7.00. The lowest BCUT2D eigenvalue weighted by Gasteiger charge is -2.35. The number of hydrogen-bond donors (Lipinski definition) is 2. The second-order valence-electron chi connectivity index (χ2n) is 9.71. The molecule has 0 radical (unpaired) electrons. The molecule has 4 atom stereocenters. The van der Waals surface area contributed by atoms with Crippen LogP contribution in [0.2, 0.25) is 0 Å². The fourth-order valence-electron chi connectivity index (χ4n) is 5.11. The van der Waals surface area contributed by atoms with E-state index in [1.807, 2.05) is 35.2 Å². The number of aliphatic hydroxyl groups excluding tert-OH is 2. The van der Waals surface area contributed by atoms with Crippen molar-refractivity contribution in [2.45, 2.75) is 56.6 Å². The average molecular weight is 496 g/mol. The van der Waals surface area contributed by atoms with Gasteiger partial charge in [0.25, 0.3) is 0 Å². The van der Waals surface area contributed by atoms with E-state index < -0.39 is 24.4 Å². The smallest absolute Gasteiger partial charge is 0.126 e. The molecule has 2 aliphatic rings. The van der Waals surface area contributed by atoms with Crippen LogP contribution in [0.15, 0.2) is 66.7 Å². The van der Waals surface area contributed by atoms with Crippen LogP contribution in [-0.4, -0.2) is 52.6 Å². The van der Waals surface area contributed by atoms with E-state index in [9.17, 15) is 19.0 Å². The van der Waals surface area contributed by atoms with E-state index in [-0.39, 0.29) is 11.6 Å². The minimum atomic E-state index is -0.796. The first-order chi connectivity index (χ1) is 17.4. The van der Waals surface area contributed by atoms with Crippen LogP contribution < -0.4 is 9.47 Å². The first kappa shape index (κ1) is 24.7. The Kier molecular flexibility index (Phi) is 7.51. The van der Waals surface area contributed by atoms with Gasteiger partial charge in [0.1, 0.15) is 47.5 Å². The molecule has 7 heteroatoms. The molecule has 2 aliphatic heterocycles. The van der Waals surface area contributed by atoms with Crippen LogP contribution >= 0.6 is 0 Å². The maximum atomic E-state index is 13.5. The normalized spacial score (nSPS) is 20.6. The van der Waals surface area contributed by atoms with Crippen molar-refractivity contribution in [1.82, 2.24) is 4.90 Å². The Morgan fingerprint density at radius 2 is 1.25 bits per heavy atom. The predicted octanol–water partition coefficient (Wildman–Crippen LogP) is 4.28. The second kappa shape index (κ2) is 10.9. The minimum Gasteiger partial charge on any atom is -0.487 e. The summed E-state index contributed by atoms with van der Waals surface area (Å²) < 4.78 is 39.1. The van der Waals surface area contributed by atoms with Crippen molar-refractivity contribution in [3.63, 3.8) is 0 Å². The van der Waals surface area contributed by atoms with Crippen LogP contribution in [0.1, 0.15) is 29.5 Å². The molecule has 0 spiro atoms. The summed E-state index contributed by atoms with van der Waals surface area (Å²) in [7, 11) is 0. The molecule has 2 N–H and O–H groups in total. The summed E-state index contributed by atoms with van der Waals surface area (Å²) in [5.74, 6) is 0.619. The highest BCUT2D eigenvalue weighted by Crippen LogP contribution is 2.31. The Morgan fingerprint density at radius 1 is 0.750 bits per heavy atom. The van der Waals surface area contributed by atoms with E-state index in [4.69, 9.17) is 9.47 Å². The third kappa shape index (κ3) is 5.86. The molecule has 190 valence electrons. The van der Waals surface area contributed by atoms with Crippen LogP contribution in [0, 0.1) is 11.6 Å². The molecule has 2 heterocycles. The molecule has 0 fully saturated rings. The van der Waals surface area contributed by atoms with Crippen LogP contribution in [0.4, 0.5) is 8.78 Å². The van der Waals surface area contributed by atoms with Gasteiger partial charge in [0, 0.05) is 19.6 Å².